The molecular weight excluding hydrogens is 350 g/mol. The summed E-state index contributed by atoms with van der Waals surface area (Å²) >= 11 is 0. The molecule has 1 aromatic heterocycles. The van der Waals surface area contributed by atoms with E-state index >= 15 is 0 Å². The molecule has 0 bridgehead atoms. The first-order valence-electron chi connectivity index (χ1n) is 8.74. The Morgan fingerprint density at radius 2 is 1.93 bits per heavy atom. The van der Waals surface area contributed by atoms with Gasteiger partial charge < -0.3 is 10.1 Å². The smallest absolute Gasteiger partial charge is 0.248 e. The van der Waals surface area contributed by atoms with Crippen molar-refractivity contribution in [3.8, 4) is 17.7 Å². The van der Waals surface area contributed by atoms with Gasteiger partial charge in [-0.1, -0.05) is 29.8 Å². The van der Waals surface area contributed by atoms with Crippen LogP contribution in [0.25, 0.3) is 6.08 Å². The van der Waals surface area contributed by atoms with Crippen molar-refractivity contribution in [3.63, 3.8) is 0 Å². The number of amides is 1. The number of benzene rings is 2. The number of nitrogens with one attached hydrogen (secondary N) is 1. The third-order valence-electron chi connectivity index (χ3n) is 4.07. The largest absolute Gasteiger partial charge is 0.438 e. The lowest BCUT2D eigenvalue weighted by molar-refractivity contribution is -0.111. The lowest BCUT2D eigenvalue weighted by atomic mass is 10.1. The zero-order valence-electron chi connectivity index (χ0n) is 15.6. The zero-order chi connectivity index (χ0) is 19.9. The Labute approximate surface area is 163 Å². The molecule has 0 unspecified atom stereocenters. The summed E-state index contributed by atoms with van der Waals surface area (Å²) in [5, 5.41) is 12.0. The van der Waals surface area contributed by atoms with Crippen LogP contribution in [0.15, 0.2) is 66.9 Å². The lowest BCUT2D eigenvalue weighted by Gasteiger charge is -2.10. The van der Waals surface area contributed by atoms with E-state index in [1.165, 1.54) is 11.6 Å². The van der Waals surface area contributed by atoms with E-state index in [1.807, 2.05) is 44.2 Å². The number of ether oxygens (including phenoxy) is 1. The van der Waals surface area contributed by atoms with Crippen molar-refractivity contribution in [3.05, 3.63) is 89.1 Å². The molecule has 0 spiro atoms. The van der Waals surface area contributed by atoms with Crippen LogP contribution in [-0.2, 0) is 4.79 Å². The molecule has 5 nitrogen and oxygen atoms in total. The summed E-state index contributed by atoms with van der Waals surface area (Å²) < 4.78 is 5.70. The maximum absolute atomic E-state index is 12.2. The molecule has 0 aliphatic heterocycles. The Bertz CT molecular complexity index is 1060. The molecule has 0 aliphatic rings. The summed E-state index contributed by atoms with van der Waals surface area (Å²) in [5.41, 5.74) is 4.02. The molecule has 3 aromatic rings. The molecule has 5 heteroatoms. The van der Waals surface area contributed by atoms with Crippen molar-refractivity contribution in [2.24, 2.45) is 0 Å². The molecule has 0 saturated heterocycles. The van der Waals surface area contributed by atoms with Crippen LogP contribution in [0.5, 0.6) is 11.6 Å². The molecule has 0 aliphatic carbocycles. The summed E-state index contributed by atoms with van der Waals surface area (Å²) in [5.74, 6) is 0.581. The van der Waals surface area contributed by atoms with Crippen LogP contribution in [0, 0.1) is 25.2 Å². The maximum Gasteiger partial charge on any atom is 0.248 e. The summed E-state index contributed by atoms with van der Waals surface area (Å²) in [6.07, 6.45) is 4.84. The highest BCUT2D eigenvalue weighted by Crippen LogP contribution is 2.26. The van der Waals surface area contributed by atoms with Gasteiger partial charge in [-0.15, -0.1) is 0 Å². The molecule has 138 valence electrons. The third kappa shape index (κ3) is 4.83. The Hall–Kier alpha value is -3.91. The van der Waals surface area contributed by atoms with Crippen LogP contribution in [0.3, 0.4) is 0 Å². The van der Waals surface area contributed by atoms with Crippen LogP contribution < -0.4 is 10.1 Å². The molecule has 2 aromatic carbocycles. The van der Waals surface area contributed by atoms with E-state index in [2.05, 4.69) is 10.3 Å². The number of nitriles is 1. The van der Waals surface area contributed by atoms with Gasteiger partial charge in [0.05, 0.1) is 0 Å². The quantitative estimate of drug-likeness (QED) is 0.641. The van der Waals surface area contributed by atoms with Crippen molar-refractivity contribution in [1.82, 2.24) is 4.98 Å². The number of aromatic nitrogens is 1. The Kier molecular flexibility index (Phi) is 5.83. The van der Waals surface area contributed by atoms with E-state index in [9.17, 15) is 4.79 Å². The monoisotopic (exact) mass is 369 g/mol. The van der Waals surface area contributed by atoms with Gasteiger partial charge >= 0.3 is 0 Å². The highest BCUT2D eigenvalue weighted by molar-refractivity contribution is 6.02. The minimum Gasteiger partial charge on any atom is -0.438 e. The van der Waals surface area contributed by atoms with Crippen molar-refractivity contribution in [1.29, 1.82) is 5.26 Å². The fourth-order valence-electron chi connectivity index (χ4n) is 2.53. The molecule has 1 N–H and O–H groups in total. The van der Waals surface area contributed by atoms with Gasteiger partial charge in [0.1, 0.15) is 17.4 Å². The van der Waals surface area contributed by atoms with Gasteiger partial charge in [0.2, 0.25) is 11.8 Å². The second kappa shape index (κ2) is 8.65. The van der Waals surface area contributed by atoms with Crippen molar-refractivity contribution >= 4 is 17.7 Å². The number of hydrogen-bond donors (Lipinski definition) is 1. The van der Waals surface area contributed by atoms with E-state index in [0.29, 0.717) is 17.0 Å². The molecule has 0 radical (unpaired) electrons. The number of pyridine rings is 1. The molecule has 28 heavy (non-hydrogen) atoms. The SMILES string of the molecule is Cc1ccc(/C=C/C(=O)Nc2ccc(Oc3ncccc3C#N)cc2C)cc1. The molecular formula is C23H19N3O2. The Balaban J connectivity index is 1.68. The second-order valence-electron chi connectivity index (χ2n) is 6.28. The lowest BCUT2D eigenvalue weighted by Crippen LogP contribution is -2.09. The first-order valence-corrected chi connectivity index (χ1v) is 8.74. The van der Waals surface area contributed by atoms with Crippen molar-refractivity contribution in [2.75, 3.05) is 5.32 Å². The average molecular weight is 369 g/mol. The van der Waals surface area contributed by atoms with E-state index in [0.717, 1.165) is 11.1 Å². The summed E-state index contributed by atoms with van der Waals surface area (Å²) in [6, 6.07) is 18.6. The predicted molar refractivity (Wildman–Crippen MR) is 109 cm³/mol. The third-order valence-corrected chi connectivity index (χ3v) is 4.07. The molecule has 1 heterocycles. The van der Waals surface area contributed by atoms with Gasteiger partial charge in [-0.25, -0.2) is 4.98 Å². The maximum atomic E-state index is 12.2. The summed E-state index contributed by atoms with van der Waals surface area (Å²) in [4.78, 5) is 16.3. The molecule has 0 fully saturated rings. The van der Waals surface area contributed by atoms with Crippen molar-refractivity contribution < 1.29 is 9.53 Å². The fraction of sp³-hybridized carbons (Fsp3) is 0.0870. The van der Waals surface area contributed by atoms with Gasteiger partial charge in [0, 0.05) is 18.0 Å². The number of anilines is 1. The van der Waals surface area contributed by atoms with Gasteiger partial charge in [-0.3, -0.25) is 4.79 Å². The molecule has 1 amide bonds. The standard InChI is InChI=1S/C23H19N3O2/c1-16-5-7-18(8-6-16)9-12-22(27)26-21-11-10-20(14-17(21)2)28-23-19(15-24)4-3-13-25-23/h3-14H,1-2H3,(H,26,27)/b12-9+. The van der Waals surface area contributed by atoms with E-state index in [1.54, 1.807) is 42.6 Å². The Morgan fingerprint density at radius 3 is 2.64 bits per heavy atom. The van der Waals surface area contributed by atoms with Gasteiger partial charge in [-0.05, 0) is 61.4 Å². The number of nitrogens with zero attached hydrogens (tertiary/aromatic N) is 2. The first kappa shape index (κ1) is 18.9. The molecule has 0 atom stereocenters. The highest BCUT2D eigenvalue weighted by atomic mass is 16.5. The van der Waals surface area contributed by atoms with E-state index in [4.69, 9.17) is 10.00 Å². The molecule has 0 saturated carbocycles. The van der Waals surface area contributed by atoms with Crippen LogP contribution in [0.1, 0.15) is 22.3 Å². The van der Waals surface area contributed by atoms with E-state index in [-0.39, 0.29) is 11.8 Å². The molecule has 3 rings (SSSR count). The van der Waals surface area contributed by atoms with Crippen LogP contribution in [-0.4, -0.2) is 10.9 Å². The van der Waals surface area contributed by atoms with Gasteiger partial charge in [-0.2, -0.15) is 5.26 Å². The van der Waals surface area contributed by atoms with Crippen molar-refractivity contribution in [2.45, 2.75) is 13.8 Å². The number of carbonyl (C=O) groups is 1. The summed E-state index contributed by atoms with van der Waals surface area (Å²) in [6.45, 7) is 3.89. The number of carbonyl (C=O) groups excluding carboxylic acids is 1. The van der Waals surface area contributed by atoms with Crippen LogP contribution >= 0.6 is 0 Å². The minimum absolute atomic E-state index is 0.214. The van der Waals surface area contributed by atoms with E-state index < -0.39 is 0 Å². The van der Waals surface area contributed by atoms with Gasteiger partial charge in [0.15, 0.2) is 0 Å². The minimum atomic E-state index is -0.214. The number of aryl methyl sites for hydroxylation is 2. The van der Waals surface area contributed by atoms with Crippen LogP contribution in [0.2, 0.25) is 0 Å². The fourth-order valence-corrected chi connectivity index (χ4v) is 2.53. The second-order valence-corrected chi connectivity index (χ2v) is 6.28. The number of rotatable bonds is 5. The Morgan fingerprint density at radius 1 is 1.14 bits per heavy atom. The first-order chi connectivity index (χ1) is 13.5. The van der Waals surface area contributed by atoms with Crippen LogP contribution in [0.4, 0.5) is 5.69 Å². The normalized spacial score (nSPS) is 10.5. The zero-order valence-corrected chi connectivity index (χ0v) is 15.6. The predicted octanol–water partition coefficient (Wildman–Crippen LogP) is 5.01. The number of hydrogen-bond acceptors (Lipinski definition) is 4. The average Bonchev–Trinajstić information content (AvgIpc) is 2.70. The van der Waals surface area contributed by atoms with Gasteiger partial charge in [0.25, 0.3) is 0 Å². The summed E-state index contributed by atoms with van der Waals surface area (Å²) in [7, 11) is 0. The topological polar surface area (TPSA) is 75.0 Å². The highest BCUT2D eigenvalue weighted by Gasteiger charge is 2.08.